The summed E-state index contributed by atoms with van der Waals surface area (Å²) in [7, 11) is 0. The largest absolute Gasteiger partial charge is 0.436 e. The molecule has 0 aliphatic rings. The van der Waals surface area contributed by atoms with Gasteiger partial charge in [-0.1, -0.05) is 12.1 Å². The molecule has 4 rings (SSSR count). The minimum absolute atomic E-state index is 0.0236. The van der Waals surface area contributed by atoms with Crippen molar-refractivity contribution >= 4 is 40.1 Å². The lowest BCUT2D eigenvalue weighted by atomic mass is 10.2. The molecule has 3 aromatic carbocycles. The second-order valence-electron chi connectivity index (χ2n) is 6.56. The summed E-state index contributed by atoms with van der Waals surface area (Å²) in [5.74, 6) is 0.365. The predicted octanol–water partition coefficient (Wildman–Crippen LogP) is 5.52. The number of anilines is 1. The van der Waals surface area contributed by atoms with E-state index >= 15 is 0 Å². The minimum Gasteiger partial charge on any atom is -0.436 e. The summed E-state index contributed by atoms with van der Waals surface area (Å²) in [5.41, 5.74) is 3.02. The topological polar surface area (TPSA) is 98.3 Å². The highest BCUT2D eigenvalue weighted by molar-refractivity contribution is 8.00. The van der Waals surface area contributed by atoms with Crippen molar-refractivity contribution in [3.8, 4) is 11.5 Å². The highest BCUT2D eigenvalue weighted by Gasteiger charge is 2.16. The van der Waals surface area contributed by atoms with E-state index in [1.54, 1.807) is 31.2 Å². The molecule has 1 amide bonds. The Bertz CT molecular complexity index is 1170. The number of para-hydroxylation sites is 2. The van der Waals surface area contributed by atoms with E-state index in [9.17, 15) is 14.9 Å². The number of carbonyl (C=O) groups is 1. The number of hydrogen-bond donors (Lipinski definition) is 1. The van der Waals surface area contributed by atoms with Crippen LogP contribution in [-0.4, -0.2) is 21.1 Å². The Morgan fingerprint density at radius 1 is 1.07 bits per heavy atom. The van der Waals surface area contributed by atoms with Crippen molar-refractivity contribution in [3.05, 3.63) is 82.9 Å². The van der Waals surface area contributed by atoms with Crippen molar-refractivity contribution in [2.75, 3.05) is 5.32 Å². The van der Waals surface area contributed by atoms with Crippen LogP contribution in [0.2, 0.25) is 0 Å². The van der Waals surface area contributed by atoms with Crippen LogP contribution < -0.4 is 5.32 Å². The van der Waals surface area contributed by atoms with Gasteiger partial charge < -0.3 is 9.73 Å². The van der Waals surface area contributed by atoms with Crippen molar-refractivity contribution < 1.29 is 14.1 Å². The number of thioether (sulfide) groups is 1. The smallest absolute Gasteiger partial charge is 0.269 e. The van der Waals surface area contributed by atoms with E-state index in [0.29, 0.717) is 11.6 Å². The molecule has 1 unspecified atom stereocenters. The summed E-state index contributed by atoms with van der Waals surface area (Å²) in [4.78, 5) is 28.0. The molecule has 30 heavy (non-hydrogen) atoms. The first-order valence-corrected chi connectivity index (χ1v) is 10.1. The van der Waals surface area contributed by atoms with Crippen LogP contribution in [-0.2, 0) is 4.79 Å². The van der Waals surface area contributed by atoms with Gasteiger partial charge in [-0.25, -0.2) is 4.98 Å². The van der Waals surface area contributed by atoms with Crippen molar-refractivity contribution in [1.29, 1.82) is 0 Å². The van der Waals surface area contributed by atoms with Crippen LogP contribution in [0, 0.1) is 10.1 Å². The zero-order valence-corrected chi connectivity index (χ0v) is 16.8. The number of aromatic nitrogens is 1. The van der Waals surface area contributed by atoms with Gasteiger partial charge in [-0.2, -0.15) is 0 Å². The number of oxazole rings is 1. The van der Waals surface area contributed by atoms with Crippen LogP contribution in [0.25, 0.3) is 22.6 Å². The van der Waals surface area contributed by atoms with E-state index in [0.717, 1.165) is 21.6 Å². The van der Waals surface area contributed by atoms with Gasteiger partial charge in [0.2, 0.25) is 11.8 Å². The fourth-order valence-corrected chi connectivity index (χ4v) is 3.71. The average Bonchev–Trinajstić information content (AvgIpc) is 3.19. The number of hydrogen-bond acceptors (Lipinski definition) is 6. The number of fused-ring (bicyclic) bond motifs is 1. The molecule has 8 heteroatoms. The second kappa shape index (κ2) is 8.38. The van der Waals surface area contributed by atoms with Crippen LogP contribution in [0.4, 0.5) is 11.4 Å². The maximum Gasteiger partial charge on any atom is 0.269 e. The van der Waals surface area contributed by atoms with Crippen molar-refractivity contribution in [3.63, 3.8) is 0 Å². The SMILES string of the molecule is CC(Sc1ccc([N+](=O)[O-])cc1)C(=O)Nc1ccc(-c2nc3ccccc3o2)cc1. The summed E-state index contributed by atoms with van der Waals surface area (Å²) in [5, 5.41) is 13.2. The van der Waals surface area contributed by atoms with E-state index in [-0.39, 0.29) is 16.8 Å². The van der Waals surface area contributed by atoms with E-state index in [2.05, 4.69) is 10.3 Å². The summed E-state index contributed by atoms with van der Waals surface area (Å²) in [6.07, 6.45) is 0. The average molecular weight is 419 g/mol. The Labute approximate surface area is 176 Å². The molecule has 0 saturated carbocycles. The third-order valence-electron chi connectivity index (χ3n) is 4.42. The quantitative estimate of drug-likeness (QED) is 0.251. The summed E-state index contributed by atoms with van der Waals surface area (Å²) < 4.78 is 5.76. The molecule has 0 spiro atoms. The molecule has 1 aromatic heterocycles. The van der Waals surface area contributed by atoms with E-state index in [1.807, 2.05) is 36.4 Å². The monoisotopic (exact) mass is 419 g/mol. The Morgan fingerprint density at radius 3 is 2.43 bits per heavy atom. The molecule has 0 saturated heterocycles. The first-order valence-electron chi connectivity index (χ1n) is 9.17. The second-order valence-corrected chi connectivity index (χ2v) is 7.98. The number of benzene rings is 3. The predicted molar refractivity (Wildman–Crippen MR) is 116 cm³/mol. The van der Waals surface area contributed by atoms with Gasteiger partial charge in [0.25, 0.3) is 5.69 Å². The van der Waals surface area contributed by atoms with Crippen molar-refractivity contribution in [2.24, 2.45) is 0 Å². The number of nitro benzene ring substituents is 1. The maximum atomic E-state index is 12.5. The van der Waals surface area contributed by atoms with Gasteiger partial charge in [0.1, 0.15) is 5.52 Å². The number of nitrogens with one attached hydrogen (secondary N) is 1. The van der Waals surface area contributed by atoms with Gasteiger partial charge in [0.05, 0.1) is 10.2 Å². The molecule has 0 aliphatic carbocycles. The maximum absolute atomic E-state index is 12.5. The Kier molecular flexibility index (Phi) is 5.49. The lowest BCUT2D eigenvalue weighted by Crippen LogP contribution is -2.22. The molecular formula is C22H17N3O4S. The summed E-state index contributed by atoms with van der Waals surface area (Å²) >= 11 is 1.33. The van der Waals surface area contributed by atoms with Crippen LogP contribution in [0.5, 0.6) is 0 Å². The summed E-state index contributed by atoms with van der Waals surface area (Å²) in [6, 6.07) is 21.0. The van der Waals surface area contributed by atoms with Gasteiger partial charge in [0, 0.05) is 28.3 Å². The molecule has 0 fully saturated rings. The molecule has 0 bridgehead atoms. The zero-order valence-electron chi connectivity index (χ0n) is 15.9. The minimum atomic E-state index is -0.449. The third kappa shape index (κ3) is 4.33. The number of amides is 1. The first-order chi connectivity index (χ1) is 14.5. The highest BCUT2D eigenvalue weighted by atomic mass is 32.2. The molecular weight excluding hydrogens is 402 g/mol. The Hall–Kier alpha value is -3.65. The number of carbonyl (C=O) groups excluding carboxylic acids is 1. The normalized spacial score (nSPS) is 11.9. The van der Waals surface area contributed by atoms with Gasteiger partial charge >= 0.3 is 0 Å². The molecule has 7 nitrogen and oxygen atoms in total. The molecule has 0 aliphatic heterocycles. The number of rotatable bonds is 6. The van der Waals surface area contributed by atoms with E-state index in [1.165, 1.54) is 23.9 Å². The summed E-state index contributed by atoms with van der Waals surface area (Å²) in [6.45, 7) is 1.79. The number of non-ortho nitro benzene ring substituents is 1. The molecule has 1 N–H and O–H groups in total. The van der Waals surface area contributed by atoms with Crippen LogP contribution in [0.3, 0.4) is 0 Å². The Balaban J connectivity index is 1.39. The molecule has 1 heterocycles. The van der Waals surface area contributed by atoms with Crippen LogP contribution in [0.15, 0.2) is 82.1 Å². The fourth-order valence-electron chi connectivity index (χ4n) is 2.84. The lowest BCUT2D eigenvalue weighted by molar-refractivity contribution is -0.384. The zero-order chi connectivity index (χ0) is 21.1. The Morgan fingerprint density at radius 2 is 1.77 bits per heavy atom. The van der Waals surface area contributed by atoms with Gasteiger partial charge in [-0.05, 0) is 55.5 Å². The van der Waals surface area contributed by atoms with Crippen molar-refractivity contribution in [2.45, 2.75) is 17.1 Å². The van der Waals surface area contributed by atoms with Gasteiger partial charge in [-0.15, -0.1) is 11.8 Å². The number of nitrogens with zero attached hydrogens (tertiary/aromatic N) is 2. The highest BCUT2D eigenvalue weighted by Crippen LogP contribution is 2.27. The first kappa shape index (κ1) is 19.7. The van der Waals surface area contributed by atoms with Crippen molar-refractivity contribution in [1.82, 2.24) is 4.98 Å². The van der Waals surface area contributed by atoms with Crippen LogP contribution in [0.1, 0.15) is 6.92 Å². The molecule has 150 valence electrons. The van der Waals surface area contributed by atoms with E-state index in [4.69, 9.17) is 4.42 Å². The third-order valence-corrected chi connectivity index (χ3v) is 5.53. The number of nitro groups is 1. The lowest BCUT2D eigenvalue weighted by Gasteiger charge is -2.12. The van der Waals surface area contributed by atoms with Gasteiger partial charge in [0.15, 0.2) is 5.58 Å². The molecule has 1 atom stereocenters. The fraction of sp³-hybridized carbons (Fsp3) is 0.0909. The molecule has 0 radical (unpaired) electrons. The standard InChI is InChI=1S/C22H17N3O4S/c1-14(30-18-12-10-17(11-13-18)25(27)28)21(26)23-16-8-6-15(7-9-16)22-24-19-4-2-3-5-20(19)29-22/h2-14H,1H3,(H,23,26). The van der Waals surface area contributed by atoms with Gasteiger partial charge in [-0.3, -0.25) is 14.9 Å². The molecule has 4 aromatic rings. The van der Waals surface area contributed by atoms with E-state index < -0.39 is 4.92 Å². The van der Waals surface area contributed by atoms with Crippen LogP contribution >= 0.6 is 11.8 Å².